The van der Waals surface area contributed by atoms with Crippen molar-refractivity contribution in [3.8, 4) is 0 Å². The number of amidine groups is 1. The van der Waals surface area contributed by atoms with Crippen molar-refractivity contribution >= 4 is 12.6 Å². The topological polar surface area (TPSA) is 61.5 Å². The van der Waals surface area contributed by atoms with Crippen LogP contribution in [-0.4, -0.2) is 26.6 Å². The quantitative estimate of drug-likeness (QED) is 0.356. The number of rotatable bonds is 4. The first-order chi connectivity index (χ1) is 7.81. The van der Waals surface area contributed by atoms with Crippen molar-refractivity contribution in [3.63, 3.8) is 0 Å². The molecular formula is C11H15N5. The molecule has 1 N–H and O–H groups in total. The number of nitrogens with one attached hydrogen (secondary N) is 1. The maximum absolute atomic E-state index is 3.89. The maximum atomic E-state index is 3.89. The Balaban J connectivity index is 2.94. The van der Waals surface area contributed by atoms with Crippen LogP contribution in [0.25, 0.3) is 0 Å². The van der Waals surface area contributed by atoms with Gasteiger partial charge in [-0.1, -0.05) is 24.3 Å². The Morgan fingerprint density at radius 3 is 2.50 bits per heavy atom. The predicted octanol–water partition coefficient (Wildman–Crippen LogP) is 1.85. The van der Waals surface area contributed by atoms with E-state index in [0.29, 0.717) is 5.84 Å². The van der Waals surface area contributed by atoms with Crippen molar-refractivity contribution in [2.75, 3.05) is 14.1 Å². The van der Waals surface area contributed by atoms with Gasteiger partial charge in [-0.2, -0.15) is 10.2 Å². The van der Waals surface area contributed by atoms with E-state index < -0.39 is 0 Å². The minimum absolute atomic E-state index is 0.466. The normalized spacial score (nSPS) is 12.0. The molecular weight excluding hydrogens is 202 g/mol. The monoisotopic (exact) mass is 217 g/mol. The zero-order valence-corrected chi connectivity index (χ0v) is 9.51. The van der Waals surface area contributed by atoms with Gasteiger partial charge in [0.2, 0.25) is 5.84 Å². The van der Waals surface area contributed by atoms with E-state index in [1.54, 1.807) is 7.05 Å². The lowest BCUT2D eigenvalue weighted by Crippen LogP contribution is -2.05. The van der Waals surface area contributed by atoms with Crippen molar-refractivity contribution in [1.82, 2.24) is 5.32 Å². The van der Waals surface area contributed by atoms with Crippen LogP contribution < -0.4 is 5.32 Å². The molecule has 0 saturated carbocycles. The van der Waals surface area contributed by atoms with Crippen molar-refractivity contribution in [1.29, 1.82) is 0 Å². The van der Waals surface area contributed by atoms with Gasteiger partial charge in [0.1, 0.15) is 0 Å². The van der Waals surface area contributed by atoms with Crippen LogP contribution in [0, 0.1) is 0 Å². The molecule has 1 rings (SSSR count). The molecule has 0 aliphatic carbocycles. The molecule has 0 amide bonds. The van der Waals surface area contributed by atoms with Crippen LogP contribution in [0.1, 0.15) is 11.1 Å². The first-order valence-electron chi connectivity index (χ1n) is 4.89. The molecule has 0 spiro atoms. The fourth-order valence-corrected chi connectivity index (χ4v) is 1.27. The highest BCUT2D eigenvalue weighted by molar-refractivity contribution is 5.99. The molecule has 0 aliphatic rings. The molecule has 84 valence electrons. The Kier molecular flexibility index (Phi) is 5.01. The SMILES string of the molecule is C=N/N=C(\N=NC)c1ccc(CNC)cc1. The highest BCUT2D eigenvalue weighted by atomic mass is 15.3. The van der Waals surface area contributed by atoms with Gasteiger partial charge in [0.25, 0.3) is 0 Å². The number of azo groups is 1. The fourth-order valence-electron chi connectivity index (χ4n) is 1.27. The maximum Gasteiger partial charge on any atom is 0.202 e. The van der Waals surface area contributed by atoms with Gasteiger partial charge in [-0.15, -0.1) is 10.2 Å². The zero-order chi connectivity index (χ0) is 11.8. The smallest absolute Gasteiger partial charge is 0.202 e. The Morgan fingerprint density at radius 2 is 2.00 bits per heavy atom. The van der Waals surface area contributed by atoms with Gasteiger partial charge in [0.15, 0.2) is 0 Å². The van der Waals surface area contributed by atoms with E-state index in [1.807, 2.05) is 31.3 Å². The summed E-state index contributed by atoms with van der Waals surface area (Å²) >= 11 is 0. The molecule has 5 heteroatoms. The molecule has 0 aliphatic heterocycles. The summed E-state index contributed by atoms with van der Waals surface area (Å²) in [4.78, 5) is 0. The van der Waals surface area contributed by atoms with Crippen molar-refractivity contribution in [2.24, 2.45) is 20.4 Å². The summed E-state index contributed by atoms with van der Waals surface area (Å²) in [6.45, 7) is 4.14. The molecule has 1 aromatic carbocycles. The van der Waals surface area contributed by atoms with Gasteiger partial charge in [0, 0.05) is 25.9 Å². The molecule has 0 heterocycles. The van der Waals surface area contributed by atoms with E-state index >= 15 is 0 Å². The van der Waals surface area contributed by atoms with Crippen LogP contribution in [0.4, 0.5) is 0 Å². The third-order valence-electron chi connectivity index (χ3n) is 1.95. The van der Waals surface area contributed by atoms with Gasteiger partial charge in [-0.25, -0.2) is 0 Å². The van der Waals surface area contributed by atoms with Crippen LogP contribution in [-0.2, 0) is 6.54 Å². The Bertz CT molecular complexity index is 391. The van der Waals surface area contributed by atoms with E-state index in [0.717, 1.165) is 12.1 Å². The molecule has 16 heavy (non-hydrogen) atoms. The van der Waals surface area contributed by atoms with Gasteiger partial charge in [-0.3, -0.25) is 0 Å². The highest BCUT2D eigenvalue weighted by Crippen LogP contribution is 2.07. The number of benzene rings is 1. The van der Waals surface area contributed by atoms with Gasteiger partial charge < -0.3 is 5.32 Å². The van der Waals surface area contributed by atoms with Gasteiger partial charge >= 0.3 is 0 Å². The van der Waals surface area contributed by atoms with E-state index in [1.165, 1.54) is 5.56 Å². The molecule has 0 bridgehead atoms. The number of hydrogen-bond donors (Lipinski definition) is 1. The third kappa shape index (κ3) is 3.36. The standard InChI is InChI=1S/C11H15N5/c1-12-8-9-4-6-10(7-5-9)11(15-13-2)16-14-3/h4-7,12H,2,8H2,1,3H3/b15-11-,16-14?. The summed E-state index contributed by atoms with van der Waals surface area (Å²) in [6.07, 6.45) is 0. The van der Waals surface area contributed by atoms with Crippen molar-refractivity contribution in [2.45, 2.75) is 6.54 Å². The Morgan fingerprint density at radius 1 is 1.31 bits per heavy atom. The largest absolute Gasteiger partial charge is 0.316 e. The molecule has 0 saturated heterocycles. The summed E-state index contributed by atoms with van der Waals surface area (Å²) < 4.78 is 0. The molecule has 0 atom stereocenters. The minimum Gasteiger partial charge on any atom is -0.316 e. The van der Waals surface area contributed by atoms with E-state index in [2.05, 4.69) is 32.5 Å². The van der Waals surface area contributed by atoms with E-state index in [-0.39, 0.29) is 0 Å². The average molecular weight is 217 g/mol. The summed E-state index contributed by atoms with van der Waals surface area (Å²) in [5.74, 6) is 0.466. The van der Waals surface area contributed by atoms with Crippen LogP contribution >= 0.6 is 0 Å². The lowest BCUT2D eigenvalue weighted by molar-refractivity contribution is 0.818. The average Bonchev–Trinajstić information content (AvgIpc) is 2.30. The zero-order valence-electron chi connectivity index (χ0n) is 9.51. The first kappa shape index (κ1) is 12.2. The third-order valence-corrected chi connectivity index (χ3v) is 1.95. The van der Waals surface area contributed by atoms with Crippen molar-refractivity contribution < 1.29 is 0 Å². The second-order valence-corrected chi connectivity index (χ2v) is 3.09. The fraction of sp³-hybridized carbons (Fsp3) is 0.273. The molecule has 0 unspecified atom stereocenters. The number of hydrogen-bond acceptors (Lipinski definition) is 4. The van der Waals surface area contributed by atoms with Crippen molar-refractivity contribution in [3.05, 3.63) is 35.4 Å². The summed E-state index contributed by atoms with van der Waals surface area (Å²) in [5.41, 5.74) is 2.07. The second kappa shape index (κ2) is 6.58. The summed E-state index contributed by atoms with van der Waals surface area (Å²) in [7, 11) is 3.50. The second-order valence-electron chi connectivity index (χ2n) is 3.09. The number of nitrogens with zero attached hydrogens (tertiary/aromatic N) is 4. The molecule has 1 aromatic rings. The molecule has 0 radical (unpaired) electrons. The first-order valence-corrected chi connectivity index (χ1v) is 4.89. The molecule has 0 fully saturated rings. The van der Waals surface area contributed by atoms with Crippen LogP contribution in [0.2, 0.25) is 0 Å². The van der Waals surface area contributed by atoms with Gasteiger partial charge in [-0.05, 0) is 12.6 Å². The Labute approximate surface area is 95.0 Å². The molecule has 5 nitrogen and oxygen atoms in total. The molecule has 0 aromatic heterocycles. The Hall–Kier alpha value is -1.88. The van der Waals surface area contributed by atoms with Crippen LogP contribution in [0.3, 0.4) is 0 Å². The predicted molar refractivity (Wildman–Crippen MR) is 66.1 cm³/mol. The van der Waals surface area contributed by atoms with E-state index in [4.69, 9.17) is 0 Å². The van der Waals surface area contributed by atoms with Gasteiger partial charge in [0.05, 0.1) is 0 Å². The highest BCUT2D eigenvalue weighted by Gasteiger charge is 2.01. The summed E-state index contributed by atoms with van der Waals surface area (Å²) in [5, 5.41) is 17.9. The lowest BCUT2D eigenvalue weighted by Gasteiger charge is -2.01. The summed E-state index contributed by atoms with van der Waals surface area (Å²) in [6, 6.07) is 7.89. The lowest BCUT2D eigenvalue weighted by atomic mass is 10.1. The van der Waals surface area contributed by atoms with Crippen LogP contribution in [0.15, 0.2) is 44.7 Å². The van der Waals surface area contributed by atoms with Crippen LogP contribution in [0.5, 0.6) is 0 Å². The van der Waals surface area contributed by atoms with E-state index in [9.17, 15) is 0 Å². The minimum atomic E-state index is 0.466.